The second-order valence-electron chi connectivity index (χ2n) is 2.89. The number of carboxylic acid groups (broad SMARTS) is 1. The molecule has 7 heteroatoms. The molecule has 0 aromatic heterocycles. The van der Waals surface area contributed by atoms with Gasteiger partial charge in [-0.05, 0) is 17.7 Å². The first-order chi connectivity index (χ1) is 8.06. The Morgan fingerprint density at radius 1 is 1.41 bits per heavy atom. The summed E-state index contributed by atoms with van der Waals surface area (Å²) in [6, 6.07) is 1.94. The van der Waals surface area contributed by atoms with E-state index in [1.54, 1.807) is 0 Å². The van der Waals surface area contributed by atoms with Crippen LogP contribution in [0.3, 0.4) is 0 Å². The summed E-state index contributed by atoms with van der Waals surface area (Å²) in [6.45, 7) is -0.115. The maximum absolute atomic E-state index is 10.6. The van der Waals surface area contributed by atoms with E-state index in [1.807, 2.05) is 0 Å². The number of nitrogens with zero attached hydrogens (tertiary/aromatic N) is 3. The van der Waals surface area contributed by atoms with Gasteiger partial charge in [0.15, 0.2) is 0 Å². The predicted molar refractivity (Wildman–Crippen MR) is 57.6 cm³/mol. The summed E-state index contributed by atoms with van der Waals surface area (Å²) in [7, 11) is 0. The van der Waals surface area contributed by atoms with Crippen LogP contribution in [0.2, 0.25) is 0 Å². The van der Waals surface area contributed by atoms with Gasteiger partial charge in [0.25, 0.3) is 0 Å². The molecular formula is C10H7N3O4. The van der Waals surface area contributed by atoms with Crippen LogP contribution in [0.5, 0.6) is 11.5 Å². The number of rotatable bonds is 2. The number of carboxylic acids is 1. The molecule has 0 bridgehead atoms. The Morgan fingerprint density at radius 3 is 2.47 bits per heavy atom. The summed E-state index contributed by atoms with van der Waals surface area (Å²) >= 11 is 0. The number of aromatic carboxylic acids is 1. The number of phenolic OH excluding ortho intramolecular Hbond substituents is 2. The molecule has 0 heterocycles. The van der Waals surface area contributed by atoms with Gasteiger partial charge in [-0.25, -0.2) is 4.79 Å². The van der Waals surface area contributed by atoms with Gasteiger partial charge in [0.1, 0.15) is 17.1 Å². The molecule has 0 saturated carbocycles. The Bertz CT molecular complexity index is 542. The van der Waals surface area contributed by atoms with Crippen molar-refractivity contribution in [2.45, 2.75) is 0 Å². The number of phenols is 2. The highest BCUT2D eigenvalue weighted by Gasteiger charge is 2.11. The molecule has 0 aliphatic heterocycles. The van der Waals surface area contributed by atoms with E-state index in [0.717, 1.165) is 12.1 Å². The molecule has 17 heavy (non-hydrogen) atoms. The van der Waals surface area contributed by atoms with E-state index in [1.165, 1.54) is 0 Å². The standard InChI is InChI=1S/C10H7N3O4/c11-13-12-3-1-2-7-8(14)4-6(10(16)17)5-9(7)15/h4-5,14-15H,3H2,(H,16,17). The normalized spacial score (nSPS) is 8.71. The van der Waals surface area contributed by atoms with Crippen LogP contribution in [0, 0.1) is 11.8 Å². The molecule has 0 radical (unpaired) electrons. The van der Waals surface area contributed by atoms with E-state index >= 15 is 0 Å². The Hall–Kier alpha value is -2.84. The van der Waals surface area contributed by atoms with Crippen molar-refractivity contribution in [1.82, 2.24) is 0 Å². The van der Waals surface area contributed by atoms with Crippen molar-refractivity contribution in [3.8, 4) is 23.3 Å². The van der Waals surface area contributed by atoms with E-state index in [-0.39, 0.29) is 17.7 Å². The molecule has 0 atom stereocenters. The molecule has 3 N–H and O–H groups in total. The van der Waals surface area contributed by atoms with Gasteiger partial charge < -0.3 is 15.3 Å². The van der Waals surface area contributed by atoms with Crippen molar-refractivity contribution in [2.24, 2.45) is 5.11 Å². The summed E-state index contributed by atoms with van der Waals surface area (Å²) in [5.74, 6) is 2.60. The van der Waals surface area contributed by atoms with Gasteiger partial charge in [-0.1, -0.05) is 17.0 Å². The number of hydrogen-bond donors (Lipinski definition) is 3. The molecule has 1 aromatic carbocycles. The molecule has 0 aliphatic carbocycles. The van der Waals surface area contributed by atoms with Gasteiger partial charge in [-0.15, -0.1) is 0 Å². The molecule has 0 unspecified atom stereocenters. The van der Waals surface area contributed by atoms with Gasteiger partial charge >= 0.3 is 5.97 Å². The third kappa shape index (κ3) is 3.06. The van der Waals surface area contributed by atoms with Crippen LogP contribution in [0.25, 0.3) is 10.4 Å². The van der Waals surface area contributed by atoms with Gasteiger partial charge in [0.2, 0.25) is 0 Å². The monoisotopic (exact) mass is 233 g/mol. The van der Waals surface area contributed by atoms with Crippen molar-refractivity contribution < 1.29 is 20.1 Å². The molecule has 1 aromatic rings. The number of azide groups is 1. The Balaban J connectivity index is 3.12. The molecule has 0 amide bonds. The van der Waals surface area contributed by atoms with Gasteiger partial charge in [0, 0.05) is 4.91 Å². The van der Waals surface area contributed by atoms with Crippen LogP contribution in [-0.4, -0.2) is 27.8 Å². The lowest BCUT2D eigenvalue weighted by Crippen LogP contribution is -1.96. The van der Waals surface area contributed by atoms with E-state index in [4.69, 9.17) is 10.6 Å². The van der Waals surface area contributed by atoms with Crippen LogP contribution in [0.4, 0.5) is 0 Å². The van der Waals surface area contributed by atoms with Gasteiger partial charge in [-0.3, -0.25) is 0 Å². The second kappa shape index (κ2) is 5.30. The summed E-state index contributed by atoms with van der Waals surface area (Å²) in [6.07, 6.45) is 0. The molecule has 0 aliphatic rings. The molecule has 0 saturated heterocycles. The van der Waals surface area contributed by atoms with Gasteiger partial charge in [-0.2, -0.15) is 0 Å². The molecule has 0 spiro atoms. The largest absolute Gasteiger partial charge is 0.506 e. The zero-order valence-electron chi connectivity index (χ0n) is 8.45. The highest BCUT2D eigenvalue weighted by Crippen LogP contribution is 2.27. The first-order valence-electron chi connectivity index (χ1n) is 4.35. The number of carbonyl (C=O) groups is 1. The lowest BCUT2D eigenvalue weighted by molar-refractivity contribution is 0.0696. The van der Waals surface area contributed by atoms with Crippen LogP contribution in [-0.2, 0) is 0 Å². The zero-order valence-corrected chi connectivity index (χ0v) is 8.45. The zero-order chi connectivity index (χ0) is 12.8. The molecule has 86 valence electrons. The highest BCUT2D eigenvalue weighted by atomic mass is 16.4. The third-order valence-electron chi connectivity index (χ3n) is 1.77. The van der Waals surface area contributed by atoms with E-state index in [2.05, 4.69) is 21.9 Å². The first-order valence-corrected chi connectivity index (χ1v) is 4.35. The lowest BCUT2D eigenvalue weighted by atomic mass is 10.1. The Morgan fingerprint density at radius 2 is 2.00 bits per heavy atom. The Kier molecular flexibility index (Phi) is 3.81. The summed E-state index contributed by atoms with van der Waals surface area (Å²) in [5, 5.41) is 30.7. The van der Waals surface area contributed by atoms with Crippen molar-refractivity contribution >= 4 is 5.97 Å². The first kappa shape index (κ1) is 12.2. The predicted octanol–water partition coefficient (Wildman–Crippen LogP) is 1.46. The smallest absolute Gasteiger partial charge is 0.335 e. The van der Waals surface area contributed by atoms with Gasteiger partial charge in [0.05, 0.1) is 12.1 Å². The maximum Gasteiger partial charge on any atom is 0.335 e. The summed E-state index contributed by atoms with van der Waals surface area (Å²) < 4.78 is 0. The summed E-state index contributed by atoms with van der Waals surface area (Å²) in [5.41, 5.74) is 7.64. The van der Waals surface area contributed by atoms with E-state index in [9.17, 15) is 15.0 Å². The van der Waals surface area contributed by atoms with Crippen molar-refractivity contribution in [3.63, 3.8) is 0 Å². The van der Waals surface area contributed by atoms with Crippen LogP contribution < -0.4 is 0 Å². The average Bonchev–Trinajstić information content (AvgIpc) is 2.26. The minimum absolute atomic E-state index is 0.108. The highest BCUT2D eigenvalue weighted by molar-refractivity contribution is 5.89. The lowest BCUT2D eigenvalue weighted by Gasteiger charge is -2.02. The SMILES string of the molecule is [N-]=[N+]=NCC#Cc1c(O)cc(C(=O)O)cc1O. The molecule has 0 fully saturated rings. The average molecular weight is 233 g/mol. The van der Waals surface area contributed by atoms with Crippen molar-refractivity contribution in [3.05, 3.63) is 33.7 Å². The van der Waals surface area contributed by atoms with Crippen LogP contribution >= 0.6 is 0 Å². The molecule has 1 rings (SSSR count). The number of aromatic hydroxyl groups is 2. The number of hydrogen-bond acceptors (Lipinski definition) is 4. The minimum Gasteiger partial charge on any atom is -0.506 e. The summed E-state index contributed by atoms with van der Waals surface area (Å²) in [4.78, 5) is 13.1. The number of benzene rings is 1. The fourth-order valence-electron chi connectivity index (χ4n) is 1.06. The van der Waals surface area contributed by atoms with E-state index < -0.39 is 17.5 Å². The van der Waals surface area contributed by atoms with Crippen molar-refractivity contribution in [2.75, 3.05) is 6.54 Å². The van der Waals surface area contributed by atoms with Crippen LogP contribution in [0.1, 0.15) is 15.9 Å². The van der Waals surface area contributed by atoms with Crippen LogP contribution in [0.15, 0.2) is 17.2 Å². The second-order valence-corrected chi connectivity index (χ2v) is 2.89. The topological polar surface area (TPSA) is 127 Å². The van der Waals surface area contributed by atoms with Crippen molar-refractivity contribution in [1.29, 1.82) is 0 Å². The minimum atomic E-state index is -1.27. The molecular weight excluding hydrogens is 226 g/mol. The fourth-order valence-corrected chi connectivity index (χ4v) is 1.06. The quantitative estimate of drug-likeness (QED) is 0.309. The van der Waals surface area contributed by atoms with E-state index in [0.29, 0.717) is 0 Å². The maximum atomic E-state index is 10.6. The fraction of sp³-hybridized carbons (Fsp3) is 0.100. The molecule has 7 nitrogen and oxygen atoms in total. The Labute approximate surface area is 95.6 Å². The third-order valence-corrected chi connectivity index (χ3v) is 1.77.